The summed E-state index contributed by atoms with van der Waals surface area (Å²) in [5.41, 5.74) is -0.0284. The second-order valence-corrected chi connectivity index (χ2v) is 7.18. The van der Waals surface area contributed by atoms with Gasteiger partial charge in [-0.3, -0.25) is 9.79 Å². The van der Waals surface area contributed by atoms with Crippen LogP contribution < -0.4 is 20.7 Å². The third-order valence-electron chi connectivity index (χ3n) is 2.89. The number of halogens is 4. The second-order valence-electron chi connectivity index (χ2n) is 6.33. The normalized spacial score (nSPS) is 12.1. The van der Waals surface area contributed by atoms with Crippen molar-refractivity contribution >= 4 is 35.1 Å². The number of hydrogen-bond donors (Lipinski definition) is 3. The Hall–Kier alpha value is -1.80. The number of nitrogens with one attached hydrogen (secondary N) is 3. The van der Waals surface area contributed by atoms with Crippen LogP contribution in [0.2, 0.25) is 10.0 Å². The Morgan fingerprint density at radius 2 is 1.92 bits per heavy atom. The molecule has 1 aromatic rings. The molecule has 0 saturated heterocycles. The van der Waals surface area contributed by atoms with E-state index in [1.54, 1.807) is 0 Å². The maximum atomic E-state index is 12.6. The van der Waals surface area contributed by atoms with Crippen molar-refractivity contribution in [1.82, 2.24) is 16.0 Å². The highest BCUT2D eigenvalue weighted by molar-refractivity contribution is 6.35. The first-order chi connectivity index (χ1) is 12.0. The summed E-state index contributed by atoms with van der Waals surface area (Å²) in [5.74, 6) is -0.0828. The number of guanidine groups is 1. The summed E-state index contributed by atoms with van der Waals surface area (Å²) in [6.07, 6.45) is 0. The molecule has 0 radical (unpaired) electrons. The molecule has 0 heterocycles. The van der Waals surface area contributed by atoms with E-state index < -0.39 is 6.61 Å². The predicted molar refractivity (Wildman–Crippen MR) is 99.2 cm³/mol. The topological polar surface area (TPSA) is 74.8 Å². The Labute approximate surface area is 161 Å². The zero-order valence-corrected chi connectivity index (χ0v) is 16.4. The van der Waals surface area contributed by atoms with Crippen LogP contribution in [0.25, 0.3) is 0 Å². The van der Waals surface area contributed by atoms with Crippen molar-refractivity contribution in [3.05, 3.63) is 27.7 Å². The molecule has 10 heteroatoms. The van der Waals surface area contributed by atoms with Crippen LogP contribution in [0.15, 0.2) is 17.1 Å². The number of alkyl halides is 2. The number of hydrogen-bond acceptors (Lipinski definition) is 3. The molecule has 0 aliphatic heterocycles. The minimum absolute atomic E-state index is 0.00631. The van der Waals surface area contributed by atoms with Crippen LogP contribution in [0.4, 0.5) is 8.78 Å². The van der Waals surface area contributed by atoms with E-state index in [1.165, 1.54) is 19.2 Å². The van der Waals surface area contributed by atoms with E-state index >= 15 is 0 Å². The minimum atomic E-state index is -3.02. The van der Waals surface area contributed by atoms with E-state index in [9.17, 15) is 13.6 Å². The standard InChI is InChI=1S/C16H22Cl2F2N4O2/c1-16(2,3)24-12(25)8-23-15(21-4)22-7-9-5-10(17)6-11(18)13(9)26-14(19)20/h5-6,14H,7-8H2,1-4H3,(H,24,25)(H2,21,22,23). The van der Waals surface area contributed by atoms with Crippen molar-refractivity contribution in [1.29, 1.82) is 0 Å². The number of amides is 1. The maximum absolute atomic E-state index is 12.6. The average Bonchev–Trinajstić information content (AvgIpc) is 2.48. The SMILES string of the molecule is CN=C(NCC(=O)NC(C)(C)C)NCc1cc(Cl)cc(Cl)c1OC(F)F. The van der Waals surface area contributed by atoms with Gasteiger partial charge in [-0.25, -0.2) is 0 Å². The third kappa shape index (κ3) is 8.05. The van der Waals surface area contributed by atoms with Gasteiger partial charge in [0.1, 0.15) is 5.75 Å². The maximum Gasteiger partial charge on any atom is 0.387 e. The highest BCUT2D eigenvalue weighted by Gasteiger charge is 2.16. The van der Waals surface area contributed by atoms with Crippen molar-refractivity contribution in [2.45, 2.75) is 39.5 Å². The van der Waals surface area contributed by atoms with Gasteiger partial charge in [0, 0.05) is 29.7 Å². The van der Waals surface area contributed by atoms with Crippen LogP contribution >= 0.6 is 23.2 Å². The van der Waals surface area contributed by atoms with Gasteiger partial charge in [0.05, 0.1) is 11.6 Å². The largest absolute Gasteiger partial charge is 0.433 e. The molecule has 0 spiro atoms. The fourth-order valence-electron chi connectivity index (χ4n) is 1.99. The number of nitrogens with zero attached hydrogens (tertiary/aromatic N) is 1. The molecule has 146 valence electrons. The number of rotatable bonds is 6. The third-order valence-corrected chi connectivity index (χ3v) is 3.39. The van der Waals surface area contributed by atoms with E-state index in [2.05, 4.69) is 25.7 Å². The first-order valence-corrected chi connectivity index (χ1v) is 8.45. The van der Waals surface area contributed by atoms with Gasteiger partial charge in [-0.2, -0.15) is 8.78 Å². The molecule has 0 atom stereocenters. The zero-order valence-electron chi connectivity index (χ0n) is 14.9. The molecular weight excluding hydrogens is 389 g/mol. The number of benzene rings is 1. The van der Waals surface area contributed by atoms with Crippen molar-refractivity contribution in [3.63, 3.8) is 0 Å². The number of aliphatic imine (C=N–C) groups is 1. The van der Waals surface area contributed by atoms with Crippen LogP contribution in [-0.4, -0.2) is 37.6 Å². The Morgan fingerprint density at radius 1 is 1.27 bits per heavy atom. The number of carbonyl (C=O) groups excluding carboxylic acids is 1. The molecule has 0 aromatic heterocycles. The summed E-state index contributed by atoms with van der Waals surface area (Å²) < 4.78 is 29.6. The fraction of sp³-hybridized carbons (Fsp3) is 0.500. The van der Waals surface area contributed by atoms with E-state index in [0.29, 0.717) is 11.5 Å². The summed E-state index contributed by atoms with van der Waals surface area (Å²) in [6.45, 7) is 2.63. The monoisotopic (exact) mass is 410 g/mol. The first-order valence-electron chi connectivity index (χ1n) is 7.70. The Morgan fingerprint density at radius 3 is 2.46 bits per heavy atom. The number of carbonyl (C=O) groups is 1. The molecule has 1 rings (SSSR count). The smallest absolute Gasteiger partial charge is 0.387 e. The fourth-order valence-corrected chi connectivity index (χ4v) is 2.57. The van der Waals surface area contributed by atoms with Crippen molar-refractivity contribution in [2.24, 2.45) is 4.99 Å². The van der Waals surface area contributed by atoms with Gasteiger partial charge in [0.25, 0.3) is 0 Å². The van der Waals surface area contributed by atoms with E-state index in [4.69, 9.17) is 23.2 Å². The van der Waals surface area contributed by atoms with Gasteiger partial charge in [-0.15, -0.1) is 0 Å². The summed E-state index contributed by atoms with van der Waals surface area (Å²) in [6, 6.07) is 2.77. The molecule has 1 amide bonds. The van der Waals surface area contributed by atoms with Gasteiger partial charge in [-0.05, 0) is 32.9 Å². The lowest BCUT2D eigenvalue weighted by atomic mass is 10.1. The molecule has 26 heavy (non-hydrogen) atoms. The average molecular weight is 411 g/mol. The summed E-state index contributed by atoms with van der Waals surface area (Å²) in [4.78, 5) is 15.8. The molecule has 0 aliphatic carbocycles. The summed E-state index contributed by atoms with van der Waals surface area (Å²) >= 11 is 11.8. The highest BCUT2D eigenvalue weighted by atomic mass is 35.5. The van der Waals surface area contributed by atoms with E-state index in [-0.39, 0.29) is 40.3 Å². The Balaban J connectivity index is 2.73. The quantitative estimate of drug-likeness (QED) is 0.497. The molecule has 0 bridgehead atoms. The van der Waals surface area contributed by atoms with Crippen LogP contribution in [0.1, 0.15) is 26.3 Å². The molecular formula is C16H22Cl2F2N4O2. The molecule has 3 N–H and O–H groups in total. The van der Waals surface area contributed by atoms with Crippen LogP contribution in [-0.2, 0) is 11.3 Å². The molecule has 0 aliphatic rings. The summed E-state index contributed by atoms with van der Waals surface area (Å²) in [7, 11) is 1.51. The Kier molecular flexibility index (Phi) is 8.36. The van der Waals surface area contributed by atoms with Crippen molar-refractivity contribution < 1.29 is 18.3 Å². The highest BCUT2D eigenvalue weighted by Crippen LogP contribution is 2.33. The van der Waals surface area contributed by atoms with Crippen molar-refractivity contribution in [2.75, 3.05) is 13.6 Å². The minimum Gasteiger partial charge on any atom is -0.433 e. The van der Waals surface area contributed by atoms with Gasteiger partial charge < -0.3 is 20.7 Å². The molecule has 1 aromatic carbocycles. The molecule has 0 saturated carbocycles. The molecule has 0 unspecified atom stereocenters. The predicted octanol–water partition coefficient (Wildman–Crippen LogP) is 3.17. The second kappa shape index (κ2) is 9.78. The number of ether oxygens (including phenoxy) is 1. The first kappa shape index (κ1) is 22.2. The summed E-state index contributed by atoms with van der Waals surface area (Å²) in [5, 5.41) is 8.76. The van der Waals surface area contributed by atoms with Crippen LogP contribution in [0, 0.1) is 0 Å². The van der Waals surface area contributed by atoms with Gasteiger partial charge in [0.15, 0.2) is 5.96 Å². The molecule has 0 fully saturated rings. The van der Waals surface area contributed by atoms with E-state index in [0.717, 1.165) is 0 Å². The Bertz CT molecular complexity index is 664. The van der Waals surface area contributed by atoms with Crippen LogP contribution in [0.3, 0.4) is 0 Å². The van der Waals surface area contributed by atoms with Crippen molar-refractivity contribution in [3.8, 4) is 5.75 Å². The molecule has 6 nitrogen and oxygen atoms in total. The van der Waals surface area contributed by atoms with Gasteiger partial charge in [0.2, 0.25) is 5.91 Å². The lowest BCUT2D eigenvalue weighted by Gasteiger charge is -2.21. The van der Waals surface area contributed by atoms with Crippen LogP contribution in [0.5, 0.6) is 5.75 Å². The van der Waals surface area contributed by atoms with Gasteiger partial charge in [-0.1, -0.05) is 23.2 Å². The van der Waals surface area contributed by atoms with E-state index in [1.807, 2.05) is 20.8 Å². The lowest BCUT2D eigenvalue weighted by Crippen LogP contribution is -2.48. The zero-order chi connectivity index (χ0) is 19.9. The van der Waals surface area contributed by atoms with Gasteiger partial charge >= 0.3 is 6.61 Å². The lowest BCUT2D eigenvalue weighted by molar-refractivity contribution is -0.121.